The number of nitrogens with one attached hydrogen (secondary N) is 2. The molecular weight excluding hydrogens is 565 g/mol. The molecule has 0 aliphatic carbocycles. The van der Waals surface area contributed by atoms with Crippen LogP contribution in [0.15, 0.2) is 41.4 Å². The number of anilines is 1. The molecule has 2 atom stereocenters. The average molecular weight is 599 g/mol. The highest BCUT2D eigenvalue weighted by atomic mass is 35.5. The maximum absolute atomic E-state index is 13.7. The first-order valence-electron chi connectivity index (χ1n) is 13.2. The molecule has 39 heavy (non-hydrogen) atoms. The minimum absolute atomic E-state index is 0.0203. The van der Waals surface area contributed by atoms with Crippen LogP contribution in [-0.2, 0) is 19.6 Å². The van der Waals surface area contributed by atoms with Crippen LogP contribution in [0.5, 0.6) is 5.75 Å². The number of piperidine rings is 2. The lowest BCUT2D eigenvalue weighted by Gasteiger charge is -2.44. The second-order valence-corrected chi connectivity index (χ2v) is 12.4. The molecule has 3 saturated heterocycles. The van der Waals surface area contributed by atoms with Crippen molar-refractivity contribution in [2.45, 2.75) is 48.8 Å². The Labute approximate surface area is 239 Å². The zero-order chi connectivity index (χ0) is 27.4. The summed E-state index contributed by atoms with van der Waals surface area (Å²) in [6, 6.07) is 7.60. The van der Waals surface area contributed by atoms with Crippen molar-refractivity contribution >= 4 is 45.0 Å². The Morgan fingerprint density at radius 2 is 1.85 bits per heavy atom. The van der Waals surface area contributed by atoms with Gasteiger partial charge in [-0.1, -0.05) is 23.2 Å². The summed E-state index contributed by atoms with van der Waals surface area (Å²) in [5, 5.41) is 4.17. The number of morpholine rings is 1. The molecule has 0 radical (unpaired) electrons. The predicted molar refractivity (Wildman–Crippen MR) is 149 cm³/mol. The minimum atomic E-state index is -4.19. The molecule has 3 fully saturated rings. The number of aromatic nitrogens is 1. The van der Waals surface area contributed by atoms with Crippen LogP contribution in [0.2, 0.25) is 10.0 Å². The van der Waals surface area contributed by atoms with Crippen LogP contribution in [0.1, 0.15) is 25.7 Å². The van der Waals surface area contributed by atoms with Gasteiger partial charge in [0.1, 0.15) is 22.6 Å². The van der Waals surface area contributed by atoms with Crippen molar-refractivity contribution < 1.29 is 22.7 Å². The van der Waals surface area contributed by atoms with E-state index in [1.54, 1.807) is 30.5 Å². The minimum Gasteiger partial charge on any atom is -0.490 e. The van der Waals surface area contributed by atoms with E-state index in [1.165, 1.54) is 6.07 Å². The Bertz CT molecular complexity index is 1270. The zero-order valence-corrected chi connectivity index (χ0v) is 23.8. The number of pyridine rings is 1. The molecule has 10 nitrogen and oxygen atoms in total. The number of rotatable bonds is 7. The van der Waals surface area contributed by atoms with Gasteiger partial charge in [0.25, 0.3) is 15.9 Å². The van der Waals surface area contributed by atoms with Crippen molar-refractivity contribution in [2.24, 2.45) is 0 Å². The van der Waals surface area contributed by atoms with E-state index >= 15 is 0 Å². The van der Waals surface area contributed by atoms with Crippen molar-refractivity contribution in [1.29, 1.82) is 0 Å². The van der Waals surface area contributed by atoms with Crippen LogP contribution in [0.4, 0.5) is 5.82 Å². The number of ether oxygens (including phenoxy) is 2. The highest BCUT2D eigenvalue weighted by Gasteiger charge is 2.40. The molecule has 3 aliphatic heterocycles. The zero-order valence-electron chi connectivity index (χ0n) is 21.5. The molecule has 1 amide bonds. The normalized spacial score (nSPS) is 23.4. The van der Waals surface area contributed by atoms with E-state index in [4.69, 9.17) is 32.7 Å². The number of carbonyl (C=O) groups excluding carboxylic acids is 1. The van der Waals surface area contributed by atoms with Gasteiger partial charge in [0.05, 0.1) is 29.3 Å². The van der Waals surface area contributed by atoms with Crippen LogP contribution in [0.25, 0.3) is 0 Å². The second-order valence-electron chi connectivity index (χ2n) is 9.97. The molecule has 212 valence electrons. The average Bonchev–Trinajstić information content (AvgIpc) is 2.96. The molecular formula is C26H33Cl2N5O5S. The first kappa shape index (κ1) is 28.4. The van der Waals surface area contributed by atoms with Gasteiger partial charge >= 0.3 is 0 Å². The number of hydrogen-bond acceptors (Lipinski definition) is 9. The van der Waals surface area contributed by atoms with E-state index in [-0.39, 0.29) is 17.0 Å². The molecule has 5 rings (SSSR count). The number of carbonyl (C=O) groups is 1. The van der Waals surface area contributed by atoms with Gasteiger partial charge in [-0.25, -0.2) is 18.1 Å². The molecule has 1 aromatic heterocycles. The molecule has 2 N–H and O–H groups in total. The third-order valence-electron chi connectivity index (χ3n) is 7.46. The van der Waals surface area contributed by atoms with E-state index in [1.807, 2.05) is 4.90 Å². The van der Waals surface area contributed by atoms with Crippen molar-refractivity contribution in [2.75, 3.05) is 50.8 Å². The number of benzene rings is 1. The lowest BCUT2D eigenvalue weighted by atomic mass is 9.93. The van der Waals surface area contributed by atoms with Gasteiger partial charge in [0.15, 0.2) is 0 Å². The van der Waals surface area contributed by atoms with E-state index in [0.29, 0.717) is 67.3 Å². The number of amides is 1. The highest BCUT2D eigenvalue weighted by molar-refractivity contribution is 7.90. The molecule has 13 heteroatoms. The van der Waals surface area contributed by atoms with Gasteiger partial charge < -0.3 is 19.7 Å². The summed E-state index contributed by atoms with van der Waals surface area (Å²) in [4.78, 5) is 22.1. The van der Waals surface area contributed by atoms with Crippen LogP contribution in [0, 0.1) is 0 Å². The molecule has 0 spiro atoms. The molecule has 3 aliphatic rings. The summed E-state index contributed by atoms with van der Waals surface area (Å²) in [6.45, 7) is 4.33. The summed E-state index contributed by atoms with van der Waals surface area (Å²) in [5.74, 6) is 0.315. The largest absolute Gasteiger partial charge is 0.490 e. The summed E-state index contributed by atoms with van der Waals surface area (Å²) >= 11 is 12.2. The van der Waals surface area contributed by atoms with Gasteiger partial charge in [-0.2, -0.15) is 0 Å². The Morgan fingerprint density at radius 1 is 1.08 bits per heavy atom. The van der Waals surface area contributed by atoms with Crippen molar-refractivity contribution in [3.05, 3.63) is 46.6 Å². The number of hydrogen-bond donors (Lipinski definition) is 2. The van der Waals surface area contributed by atoms with Crippen molar-refractivity contribution in [3.8, 4) is 5.75 Å². The van der Waals surface area contributed by atoms with Gasteiger partial charge in [-0.15, -0.1) is 0 Å². The van der Waals surface area contributed by atoms with Crippen LogP contribution in [0.3, 0.4) is 0 Å². The molecule has 2 aromatic rings. The molecule has 2 unspecified atom stereocenters. The van der Waals surface area contributed by atoms with Gasteiger partial charge in [-0.3, -0.25) is 9.69 Å². The topological polar surface area (TPSA) is 113 Å². The number of sulfonamides is 1. The fourth-order valence-electron chi connectivity index (χ4n) is 5.49. The molecule has 0 saturated carbocycles. The SMILES string of the molecule is O=C(NS(=O)(=O)c1cccnc1N1CCOCC1)C1CC(Oc2ccc(Cl)c(Cl)c2)CCN1C1CCNCC1. The summed E-state index contributed by atoms with van der Waals surface area (Å²) < 4.78 is 41.1. The summed E-state index contributed by atoms with van der Waals surface area (Å²) in [6.07, 6.45) is 4.08. The molecule has 0 bridgehead atoms. The third kappa shape index (κ3) is 6.78. The standard InChI is InChI=1S/C26H33Cl2N5O5S/c27-21-4-3-19(16-22(21)28)38-20-7-11-33(18-5-9-29-10-6-18)23(17-20)26(34)31-39(35,36)24-2-1-8-30-25(24)32-12-14-37-15-13-32/h1-4,8,16,18,20,23,29H,5-7,9-15,17H2,(H,31,34). The maximum Gasteiger partial charge on any atom is 0.267 e. The Hall–Kier alpha value is -2.15. The smallest absolute Gasteiger partial charge is 0.267 e. The number of nitrogens with zero attached hydrogens (tertiary/aromatic N) is 3. The summed E-state index contributed by atoms with van der Waals surface area (Å²) in [5.41, 5.74) is 0. The first-order chi connectivity index (χ1) is 18.8. The quantitative estimate of drug-likeness (QED) is 0.497. The van der Waals surface area contributed by atoms with Crippen LogP contribution < -0.4 is 19.7 Å². The van der Waals surface area contributed by atoms with Crippen molar-refractivity contribution in [3.63, 3.8) is 0 Å². The van der Waals surface area contributed by atoms with Gasteiger partial charge in [-0.05, 0) is 56.6 Å². The number of halogens is 2. The predicted octanol–water partition coefficient (Wildman–Crippen LogP) is 2.69. The summed E-state index contributed by atoms with van der Waals surface area (Å²) in [7, 11) is -4.19. The Kier molecular flexibility index (Phi) is 9.15. The highest BCUT2D eigenvalue weighted by Crippen LogP contribution is 2.31. The van der Waals surface area contributed by atoms with Gasteiger partial charge in [0, 0.05) is 44.4 Å². The molecule has 1 aromatic carbocycles. The molecule has 4 heterocycles. The van der Waals surface area contributed by atoms with Gasteiger partial charge in [0.2, 0.25) is 0 Å². The van der Waals surface area contributed by atoms with Crippen LogP contribution >= 0.6 is 23.2 Å². The van der Waals surface area contributed by atoms with E-state index < -0.39 is 22.0 Å². The number of likely N-dealkylation sites (tertiary alicyclic amines) is 1. The fourth-order valence-corrected chi connectivity index (χ4v) is 6.97. The van der Waals surface area contributed by atoms with E-state index in [9.17, 15) is 13.2 Å². The van der Waals surface area contributed by atoms with E-state index in [0.717, 1.165) is 25.9 Å². The first-order valence-corrected chi connectivity index (χ1v) is 15.5. The lowest BCUT2D eigenvalue weighted by Crippen LogP contribution is -2.59. The third-order valence-corrected chi connectivity index (χ3v) is 9.56. The van der Waals surface area contributed by atoms with Crippen LogP contribution in [-0.4, -0.2) is 88.3 Å². The van der Waals surface area contributed by atoms with E-state index in [2.05, 4.69) is 19.9 Å². The van der Waals surface area contributed by atoms with Crippen molar-refractivity contribution in [1.82, 2.24) is 19.9 Å². The Morgan fingerprint density at radius 3 is 2.59 bits per heavy atom. The fraction of sp³-hybridized carbons (Fsp3) is 0.538. The maximum atomic E-state index is 13.7. The monoisotopic (exact) mass is 597 g/mol. The lowest BCUT2D eigenvalue weighted by molar-refractivity contribution is -0.129. The second kappa shape index (κ2) is 12.6. The Balaban J connectivity index is 1.36.